The second-order valence-corrected chi connectivity index (χ2v) is 11.5. The molecule has 0 saturated carbocycles. The Bertz CT molecular complexity index is 834. The molecule has 8 heteroatoms. The second kappa shape index (κ2) is 7.02. The average molecular weight is 361 g/mol. The van der Waals surface area contributed by atoms with Gasteiger partial charge in [-0.15, -0.1) is 0 Å². The minimum absolute atomic E-state index is 0.0784. The van der Waals surface area contributed by atoms with Crippen LogP contribution in [0.1, 0.15) is 20.8 Å². The van der Waals surface area contributed by atoms with Crippen LogP contribution in [0.5, 0.6) is 0 Å². The lowest BCUT2D eigenvalue weighted by atomic mass is 10.1. The maximum Gasteiger partial charge on any atom is 0.340 e. The highest BCUT2D eigenvalue weighted by atomic mass is 28.3. The van der Waals surface area contributed by atoms with Crippen molar-refractivity contribution in [2.75, 3.05) is 12.4 Å². The van der Waals surface area contributed by atoms with Gasteiger partial charge >= 0.3 is 5.97 Å². The van der Waals surface area contributed by atoms with Crippen molar-refractivity contribution < 1.29 is 23.8 Å². The monoisotopic (exact) mass is 361 g/mol. The van der Waals surface area contributed by atoms with Crippen LogP contribution >= 0.6 is 0 Å². The van der Waals surface area contributed by atoms with Crippen molar-refractivity contribution in [2.24, 2.45) is 0 Å². The third-order valence-electron chi connectivity index (χ3n) is 3.62. The molecule has 0 atom stereocenters. The van der Waals surface area contributed by atoms with Crippen molar-refractivity contribution in [3.8, 4) is 0 Å². The number of pyridine rings is 1. The van der Waals surface area contributed by atoms with Crippen LogP contribution in [0.4, 0.5) is 15.8 Å². The Morgan fingerprint density at radius 1 is 1.20 bits per heavy atom. The number of hydrogen-bond acceptors (Lipinski definition) is 6. The van der Waals surface area contributed by atoms with Crippen LogP contribution in [-0.2, 0) is 4.74 Å². The number of esters is 1. The van der Waals surface area contributed by atoms with E-state index in [4.69, 9.17) is 0 Å². The number of benzene rings is 1. The molecule has 0 aliphatic carbocycles. The fourth-order valence-corrected chi connectivity index (χ4v) is 3.32. The zero-order chi connectivity index (χ0) is 18.8. The number of nitrogens with one attached hydrogen (secondary N) is 1. The van der Waals surface area contributed by atoms with Crippen molar-refractivity contribution in [3.63, 3.8) is 0 Å². The summed E-state index contributed by atoms with van der Waals surface area (Å²) in [7, 11) is -0.500. The van der Waals surface area contributed by atoms with E-state index in [1.807, 2.05) is 6.07 Å². The molecule has 1 N–H and O–H groups in total. The SMILES string of the molecule is COC(=O)c1cc(C(=O)[O-])ncc1Nc1ccc([Si](C)(C)C)cc1F. The van der Waals surface area contributed by atoms with Crippen molar-refractivity contribution >= 4 is 36.6 Å². The van der Waals surface area contributed by atoms with Crippen LogP contribution in [0.2, 0.25) is 19.6 Å². The first-order valence-corrected chi connectivity index (χ1v) is 11.0. The third kappa shape index (κ3) is 4.21. The Morgan fingerprint density at radius 3 is 2.40 bits per heavy atom. The van der Waals surface area contributed by atoms with Gasteiger partial charge in [-0.3, -0.25) is 4.98 Å². The van der Waals surface area contributed by atoms with Crippen molar-refractivity contribution in [1.82, 2.24) is 4.98 Å². The van der Waals surface area contributed by atoms with E-state index in [1.54, 1.807) is 6.07 Å². The largest absolute Gasteiger partial charge is 0.543 e. The number of halogens is 1. The number of ether oxygens (including phenoxy) is 1. The Hall–Kier alpha value is -2.74. The standard InChI is InChI=1S/C17H19FN2O4Si/c1-24-17(23)11-8-14(16(21)22)19-9-15(11)20-13-6-5-10(7-12(13)18)25(2,3)4/h5-9,20H,1-4H3,(H,21,22)/p-1. The summed E-state index contributed by atoms with van der Waals surface area (Å²) in [4.78, 5) is 26.5. The minimum atomic E-state index is -1.66. The molecule has 0 spiro atoms. The molecular formula is C17H18FN2O4Si-. The molecule has 2 aromatic rings. The van der Waals surface area contributed by atoms with Gasteiger partial charge in [0.05, 0.1) is 50.0 Å². The van der Waals surface area contributed by atoms with E-state index in [0.29, 0.717) is 0 Å². The molecule has 0 bridgehead atoms. The lowest BCUT2D eigenvalue weighted by Crippen LogP contribution is -2.37. The summed E-state index contributed by atoms with van der Waals surface area (Å²) in [5, 5.41) is 14.6. The maximum absolute atomic E-state index is 14.4. The number of methoxy groups -OCH3 is 1. The van der Waals surface area contributed by atoms with E-state index in [9.17, 15) is 19.1 Å². The summed E-state index contributed by atoms with van der Waals surface area (Å²) >= 11 is 0. The van der Waals surface area contributed by atoms with E-state index in [2.05, 4.69) is 34.7 Å². The average Bonchev–Trinajstić information content (AvgIpc) is 2.55. The molecule has 1 aromatic carbocycles. The van der Waals surface area contributed by atoms with Crippen LogP contribution in [0.25, 0.3) is 0 Å². The number of rotatable bonds is 5. The van der Waals surface area contributed by atoms with Gasteiger partial charge in [0.15, 0.2) is 0 Å². The predicted molar refractivity (Wildman–Crippen MR) is 92.6 cm³/mol. The van der Waals surface area contributed by atoms with E-state index in [0.717, 1.165) is 24.6 Å². The summed E-state index contributed by atoms with van der Waals surface area (Å²) in [5.41, 5.74) is -0.211. The predicted octanol–water partition coefficient (Wildman–Crippen LogP) is 1.66. The lowest BCUT2D eigenvalue weighted by molar-refractivity contribution is -0.255. The highest BCUT2D eigenvalue weighted by molar-refractivity contribution is 6.88. The quantitative estimate of drug-likeness (QED) is 0.643. The molecule has 0 aliphatic rings. The van der Waals surface area contributed by atoms with Gasteiger partial charge in [-0.05, 0) is 18.2 Å². The Labute approximate surface area is 145 Å². The first-order chi connectivity index (χ1) is 11.6. The number of carbonyl (C=O) groups excluding carboxylic acids is 2. The molecule has 0 amide bonds. The number of aromatic carboxylic acids is 1. The van der Waals surface area contributed by atoms with Crippen LogP contribution < -0.4 is 15.6 Å². The van der Waals surface area contributed by atoms with Gasteiger partial charge < -0.3 is 20.0 Å². The normalized spacial score (nSPS) is 11.1. The van der Waals surface area contributed by atoms with Crippen LogP contribution in [0, 0.1) is 5.82 Å². The van der Waals surface area contributed by atoms with Crippen LogP contribution in [-0.4, -0.2) is 32.1 Å². The van der Waals surface area contributed by atoms with Crippen molar-refractivity contribution in [3.05, 3.63) is 47.5 Å². The molecule has 1 heterocycles. The number of carbonyl (C=O) groups is 2. The van der Waals surface area contributed by atoms with Gasteiger partial charge in [0.25, 0.3) is 0 Å². The summed E-state index contributed by atoms with van der Waals surface area (Å²) in [6.07, 6.45) is 1.13. The summed E-state index contributed by atoms with van der Waals surface area (Å²) < 4.78 is 19.0. The summed E-state index contributed by atoms with van der Waals surface area (Å²) in [5.74, 6) is -2.77. The van der Waals surface area contributed by atoms with E-state index in [-0.39, 0.29) is 16.9 Å². The van der Waals surface area contributed by atoms with Crippen molar-refractivity contribution in [2.45, 2.75) is 19.6 Å². The molecule has 6 nitrogen and oxygen atoms in total. The van der Waals surface area contributed by atoms with Crippen molar-refractivity contribution in [1.29, 1.82) is 0 Å². The lowest BCUT2D eigenvalue weighted by Gasteiger charge is -2.18. The first kappa shape index (κ1) is 18.6. The first-order valence-electron chi connectivity index (χ1n) is 7.50. The highest BCUT2D eigenvalue weighted by Gasteiger charge is 2.19. The molecular weight excluding hydrogens is 343 g/mol. The number of aromatic nitrogens is 1. The van der Waals surface area contributed by atoms with Gasteiger partial charge in [-0.2, -0.15) is 0 Å². The third-order valence-corrected chi connectivity index (χ3v) is 5.67. The van der Waals surface area contributed by atoms with Crippen LogP contribution in [0.3, 0.4) is 0 Å². The van der Waals surface area contributed by atoms with E-state index in [1.165, 1.54) is 6.07 Å². The number of carboxylic acid groups (broad SMARTS) is 1. The smallest absolute Gasteiger partial charge is 0.340 e. The molecule has 0 fully saturated rings. The minimum Gasteiger partial charge on any atom is -0.543 e. The Morgan fingerprint density at radius 2 is 1.88 bits per heavy atom. The Balaban J connectivity index is 2.43. The molecule has 25 heavy (non-hydrogen) atoms. The number of nitrogens with zero attached hydrogens (tertiary/aromatic N) is 1. The van der Waals surface area contributed by atoms with E-state index >= 15 is 0 Å². The second-order valence-electron chi connectivity index (χ2n) is 6.46. The summed E-state index contributed by atoms with van der Waals surface area (Å²) in [6.45, 7) is 6.31. The van der Waals surface area contributed by atoms with Gasteiger partial charge in [0, 0.05) is 0 Å². The Kier molecular flexibility index (Phi) is 5.22. The topological polar surface area (TPSA) is 91.4 Å². The zero-order valence-electron chi connectivity index (χ0n) is 14.3. The fourth-order valence-electron chi connectivity index (χ4n) is 2.17. The summed E-state index contributed by atoms with van der Waals surface area (Å²) in [6, 6.07) is 5.90. The van der Waals surface area contributed by atoms with E-state index < -0.39 is 31.5 Å². The number of carboxylic acids is 1. The highest BCUT2D eigenvalue weighted by Crippen LogP contribution is 2.24. The molecule has 0 unspecified atom stereocenters. The molecule has 0 aliphatic heterocycles. The number of anilines is 2. The van der Waals surface area contributed by atoms with Gasteiger partial charge in [0.1, 0.15) is 5.82 Å². The molecule has 1 aromatic heterocycles. The van der Waals surface area contributed by atoms with Gasteiger partial charge in [-0.1, -0.05) is 30.9 Å². The molecule has 0 saturated heterocycles. The van der Waals surface area contributed by atoms with Gasteiger partial charge in [0.2, 0.25) is 0 Å². The number of hydrogen-bond donors (Lipinski definition) is 1. The maximum atomic E-state index is 14.4. The van der Waals surface area contributed by atoms with Gasteiger partial charge in [-0.25, -0.2) is 9.18 Å². The fraction of sp³-hybridized carbons (Fsp3) is 0.235. The van der Waals surface area contributed by atoms with Crippen LogP contribution in [0.15, 0.2) is 30.5 Å². The zero-order valence-corrected chi connectivity index (χ0v) is 15.3. The molecule has 132 valence electrons. The molecule has 2 rings (SSSR count). The molecule has 0 radical (unpaired) electrons.